The molecule has 0 fully saturated rings. The van der Waals surface area contributed by atoms with Gasteiger partial charge in [-0.3, -0.25) is 0 Å². The van der Waals surface area contributed by atoms with E-state index in [1.807, 2.05) is 17.5 Å². The standard InChI is InChI=1S/C12H12Cl2N2S/c1-7(2)3-9-5-11(14)16-12(15-9)10-4-8(13)6-17-10/h4-7H,3H2,1-2H3. The summed E-state index contributed by atoms with van der Waals surface area (Å²) in [6.45, 7) is 4.30. The molecule has 2 aromatic heterocycles. The van der Waals surface area contributed by atoms with Crippen molar-refractivity contribution in [3.05, 3.63) is 33.4 Å². The fourth-order valence-electron chi connectivity index (χ4n) is 1.53. The van der Waals surface area contributed by atoms with Gasteiger partial charge in [-0.05, 0) is 24.5 Å². The van der Waals surface area contributed by atoms with Gasteiger partial charge in [0, 0.05) is 11.1 Å². The molecular weight excluding hydrogens is 275 g/mol. The lowest BCUT2D eigenvalue weighted by Crippen LogP contribution is -2.00. The van der Waals surface area contributed by atoms with E-state index >= 15 is 0 Å². The topological polar surface area (TPSA) is 25.8 Å². The lowest BCUT2D eigenvalue weighted by atomic mass is 10.1. The van der Waals surface area contributed by atoms with E-state index in [4.69, 9.17) is 23.2 Å². The summed E-state index contributed by atoms with van der Waals surface area (Å²) in [5.41, 5.74) is 0.972. The molecule has 2 heterocycles. The first kappa shape index (κ1) is 12.8. The molecule has 17 heavy (non-hydrogen) atoms. The molecule has 2 rings (SSSR count). The predicted octanol–water partition coefficient (Wildman–Crippen LogP) is 4.71. The quantitative estimate of drug-likeness (QED) is 0.764. The molecule has 0 aliphatic carbocycles. The van der Waals surface area contributed by atoms with Crippen molar-refractivity contribution in [2.75, 3.05) is 0 Å². The van der Waals surface area contributed by atoms with Crippen LogP contribution < -0.4 is 0 Å². The van der Waals surface area contributed by atoms with Gasteiger partial charge in [0.25, 0.3) is 0 Å². The van der Waals surface area contributed by atoms with E-state index in [9.17, 15) is 0 Å². The fourth-order valence-corrected chi connectivity index (χ4v) is 2.74. The second-order valence-electron chi connectivity index (χ2n) is 4.23. The fraction of sp³-hybridized carbons (Fsp3) is 0.333. The van der Waals surface area contributed by atoms with E-state index in [0.29, 0.717) is 21.9 Å². The van der Waals surface area contributed by atoms with Gasteiger partial charge in [0.2, 0.25) is 0 Å². The number of rotatable bonds is 3. The zero-order valence-electron chi connectivity index (χ0n) is 9.58. The van der Waals surface area contributed by atoms with Gasteiger partial charge in [-0.15, -0.1) is 11.3 Å². The molecular formula is C12H12Cl2N2S. The van der Waals surface area contributed by atoms with Crippen molar-refractivity contribution >= 4 is 34.5 Å². The van der Waals surface area contributed by atoms with Gasteiger partial charge in [-0.1, -0.05) is 37.0 Å². The molecule has 0 saturated heterocycles. The van der Waals surface area contributed by atoms with Gasteiger partial charge in [0.05, 0.1) is 9.90 Å². The average molecular weight is 287 g/mol. The summed E-state index contributed by atoms with van der Waals surface area (Å²) in [5.74, 6) is 1.20. The van der Waals surface area contributed by atoms with Crippen molar-refractivity contribution in [2.45, 2.75) is 20.3 Å². The summed E-state index contributed by atoms with van der Waals surface area (Å²) >= 11 is 13.4. The summed E-state index contributed by atoms with van der Waals surface area (Å²) in [7, 11) is 0. The van der Waals surface area contributed by atoms with Crippen LogP contribution >= 0.6 is 34.5 Å². The van der Waals surface area contributed by atoms with Gasteiger partial charge in [0.15, 0.2) is 5.82 Å². The Morgan fingerprint density at radius 2 is 2.00 bits per heavy atom. The molecule has 2 nitrogen and oxygen atoms in total. The molecule has 0 atom stereocenters. The molecule has 0 saturated carbocycles. The summed E-state index contributed by atoms with van der Waals surface area (Å²) in [4.78, 5) is 9.69. The van der Waals surface area contributed by atoms with Crippen molar-refractivity contribution in [2.24, 2.45) is 5.92 Å². The number of hydrogen-bond donors (Lipinski definition) is 0. The Hall–Kier alpha value is -0.640. The maximum absolute atomic E-state index is 6.01. The van der Waals surface area contributed by atoms with Crippen molar-refractivity contribution in [3.8, 4) is 10.7 Å². The third-order valence-electron chi connectivity index (χ3n) is 2.15. The first-order valence-electron chi connectivity index (χ1n) is 5.32. The Balaban J connectivity index is 2.37. The van der Waals surface area contributed by atoms with Crippen LogP contribution in [0.1, 0.15) is 19.5 Å². The molecule has 0 unspecified atom stereocenters. The van der Waals surface area contributed by atoms with E-state index in [1.165, 1.54) is 11.3 Å². The van der Waals surface area contributed by atoms with E-state index in [2.05, 4.69) is 23.8 Å². The number of hydrogen-bond acceptors (Lipinski definition) is 3. The normalized spacial score (nSPS) is 11.1. The third-order valence-corrected chi connectivity index (χ3v) is 3.62. The highest BCUT2D eigenvalue weighted by atomic mass is 35.5. The molecule has 0 spiro atoms. The predicted molar refractivity (Wildman–Crippen MR) is 73.9 cm³/mol. The molecule has 0 N–H and O–H groups in total. The van der Waals surface area contributed by atoms with Crippen molar-refractivity contribution in [3.63, 3.8) is 0 Å². The van der Waals surface area contributed by atoms with Gasteiger partial charge in [0.1, 0.15) is 5.15 Å². The molecule has 0 bridgehead atoms. The Bertz CT molecular complexity index is 523. The highest BCUT2D eigenvalue weighted by molar-refractivity contribution is 7.14. The minimum absolute atomic E-state index is 0.482. The van der Waals surface area contributed by atoms with Crippen LogP contribution in [0.15, 0.2) is 17.5 Å². The highest BCUT2D eigenvalue weighted by Crippen LogP contribution is 2.28. The largest absolute Gasteiger partial charge is 0.232 e. The smallest absolute Gasteiger partial charge is 0.171 e. The van der Waals surface area contributed by atoms with Crippen LogP contribution in [-0.2, 0) is 6.42 Å². The lowest BCUT2D eigenvalue weighted by Gasteiger charge is -2.06. The zero-order chi connectivity index (χ0) is 12.4. The van der Waals surface area contributed by atoms with Crippen molar-refractivity contribution in [1.29, 1.82) is 0 Å². The maximum atomic E-state index is 6.01. The Morgan fingerprint density at radius 1 is 1.24 bits per heavy atom. The van der Waals surface area contributed by atoms with Crippen LogP contribution in [-0.4, -0.2) is 9.97 Å². The van der Waals surface area contributed by atoms with Crippen LogP contribution in [0.5, 0.6) is 0 Å². The van der Waals surface area contributed by atoms with E-state index < -0.39 is 0 Å². The minimum atomic E-state index is 0.482. The first-order chi connectivity index (χ1) is 8.04. The summed E-state index contributed by atoms with van der Waals surface area (Å²) in [6, 6.07) is 3.68. The number of nitrogens with zero attached hydrogens (tertiary/aromatic N) is 2. The highest BCUT2D eigenvalue weighted by Gasteiger charge is 2.09. The molecule has 2 aromatic rings. The molecule has 5 heteroatoms. The van der Waals surface area contributed by atoms with Gasteiger partial charge < -0.3 is 0 Å². The number of aromatic nitrogens is 2. The van der Waals surface area contributed by atoms with E-state index in [-0.39, 0.29) is 0 Å². The third kappa shape index (κ3) is 3.41. The van der Waals surface area contributed by atoms with Crippen LogP contribution in [0.3, 0.4) is 0 Å². The lowest BCUT2D eigenvalue weighted by molar-refractivity contribution is 0.634. The van der Waals surface area contributed by atoms with Crippen LogP contribution in [0.4, 0.5) is 0 Å². The summed E-state index contributed by atoms with van der Waals surface area (Å²) < 4.78 is 0. The molecule has 0 aliphatic rings. The molecule has 0 aliphatic heterocycles. The Morgan fingerprint density at radius 3 is 2.59 bits per heavy atom. The molecule has 0 aromatic carbocycles. The van der Waals surface area contributed by atoms with Crippen molar-refractivity contribution < 1.29 is 0 Å². The minimum Gasteiger partial charge on any atom is -0.232 e. The average Bonchev–Trinajstić information content (AvgIpc) is 2.62. The zero-order valence-corrected chi connectivity index (χ0v) is 11.9. The van der Waals surface area contributed by atoms with E-state index in [0.717, 1.165) is 17.0 Å². The SMILES string of the molecule is CC(C)Cc1cc(Cl)nc(-c2cc(Cl)cs2)n1. The molecule has 0 radical (unpaired) electrons. The number of halogens is 2. The Kier molecular flexibility index (Phi) is 4.02. The molecule has 90 valence electrons. The summed E-state index contributed by atoms with van der Waals surface area (Å²) in [6.07, 6.45) is 0.897. The maximum Gasteiger partial charge on any atom is 0.171 e. The second-order valence-corrected chi connectivity index (χ2v) is 5.97. The second kappa shape index (κ2) is 5.34. The number of thiophene rings is 1. The van der Waals surface area contributed by atoms with Gasteiger partial charge in [-0.2, -0.15) is 0 Å². The van der Waals surface area contributed by atoms with Crippen LogP contribution in [0.25, 0.3) is 10.7 Å². The molecule has 0 amide bonds. The Labute approximate surface area is 115 Å². The van der Waals surface area contributed by atoms with Gasteiger partial charge in [-0.25, -0.2) is 9.97 Å². The monoisotopic (exact) mass is 286 g/mol. The van der Waals surface area contributed by atoms with Crippen LogP contribution in [0, 0.1) is 5.92 Å². The van der Waals surface area contributed by atoms with Crippen molar-refractivity contribution in [1.82, 2.24) is 9.97 Å². The summed E-state index contributed by atoms with van der Waals surface area (Å²) in [5, 5.41) is 3.05. The van der Waals surface area contributed by atoms with Gasteiger partial charge >= 0.3 is 0 Å². The van der Waals surface area contributed by atoms with E-state index in [1.54, 1.807) is 0 Å². The first-order valence-corrected chi connectivity index (χ1v) is 6.96. The van der Waals surface area contributed by atoms with Crippen LogP contribution in [0.2, 0.25) is 10.2 Å².